The first-order chi connectivity index (χ1) is 30.4. The fourth-order valence-corrected chi connectivity index (χ4v) is 8.57. The van der Waals surface area contributed by atoms with Crippen LogP contribution < -0.4 is 0 Å². The molecule has 0 radical (unpaired) electrons. The Kier molecular flexibility index (Phi) is 49.1. The number of carbonyl (C=O) groups excluding carboxylic acids is 3. The molecule has 0 aromatic carbocycles. The predicted molar refractivity (Wildman–Crippen MR) is 266 cm³/mol. The minimum Gasteiger partial charge on any atom is -0.462 e. The standard InChI is InChI=1S/C56H108O6/c1-5-7-9-11-13-15-17-19-20-21-22-23-25-26-31-35-39-43-47-54(57)60-50-53(62-56(59)49-45-41-37-33-27-24-18-16-14-12-10-8-6-2)51-61-55(58)48-44-40-36-32-29-28-30-34-38-42-46-52(3)4/h52-53H,5-51H2,1-4H3/t53-/m0/s1. The molecule has 0 heterocycles. The molecule has 6 nitrogen and oxygen atoms in total. The van der Waals surface area contributed by atoms with E-state index in [-0.39, 0.29) is 31.1 Å². The lowest BCUT2D eigenvalue weighted by atomic mass is 10.0. The van der Waals surface area contributed by atoms with Crippen LogP contribution >= 0.6 is 0 Å². The SMILES string of the molecule is CCCCCCCCCCCCCCCCCCCCC(=O)OC[C@@H](COC(=O)CCCCCCCCCCCCC(C)C)OC(=O)CCCCCCCCCCCCCCC. The fourth-order valence-electron chi connectivity index (χ4n) is 8.57. The highest BCUT2D eigenvalue weighted by Gasteiger charge is 2.19. The first-order valence-corrected chi connectivity index (χ1v) is 27.9. The zero-order valence-electron chi connectivity index (χ0n) is 42.3. The van der Waals surface area contributed by atoms with Crippen molar-refractivity contribution in [3.8, 4) is 0 Å². The Hall–Kier alpha value is -1.59. The van der Waals surface area contributed by atoms with Crippen molar-refractivity contribution in [2.75, 3.05) is 13.2 Å². The molecule has 0 amide bonds. The molecule has 0 aromatic rings. The van der Waals surface area contributed by atoms with Crippen LogP contribution in [0.5, 0.6) is 0 Å². The Labute approximate surface area is 387 Å². The van der Waals surface area contributed by atoms with Crippen LogP contribution in [0.3, 0.4) is 0 Å². The van der Waals surface area contributed by atoms with Gasteiger partial charge in [0.25, 0.3) is 0 Å². The van der Waals surface area contributed by atoms with Crippen LogP contribution in [-0.4, -0.2) is 37.2 Å². The second-order valence-corrected chi connectivity index (χ2v) is 19.7. The molecule has 62 heavy (non-hydrogen) atoms. The van der Waals surface area contributed by atoms with E-state index in [0.717, 1.165) is 63.7 Å². The van der Waals surface area contributed by atoms with Crippen molar-refractivity contribution in [1.82, 2.24) is 0 Å². The van der Waals surface area contributed by atoms with Gasteiger partial charge in [-0.25, -0.2) is 0 Å². The molecular weight excluding hydrogens is 769 g/mol. The van der Waals surface area contributed by atoms with Crippen molar-refractivity contribution in [2.24, 2.45) is 5.92 Å². The van der Waals surface area contributed by atoms with E-state index < -0.39 is 6.10 Å². The first-order valence-electron chi connectivity index (χ1n) is 27.9. The summed E-state index contributed by atoms with van der Waals surface area (Å²) in [7, 11) is 0. The Bertz CT molecular complexity index is 933. The van der Waals surface area contributed by atoms with Crippen molar-refractivity contribution >= 4 is 17.9 Å². The summed E-state index contributed by atoms with van der Waals surface area (Å²) in [6.07, 6.45) is 53.8. The van der Waals surface area contributed by atoms with Crippen LogP contribution in [0.4, 0.5) is 0 Å². The summed E-state index contributed by atoms with van der Waals surface area (Å²) < 4.78 is 16.9. The summed E-state index contributed by atoms with van der Waals surface area (Å²) in [6.45, 7) is 9.03. The largest absolute Gasteiger partial charge is 0.462 e. The third kappa shape index (κ3) is 49.4. The molecule has 0 spiro atoms. The maximum atomic E-state index is 12.8. The lowest BCUT2D eigenvalue weighted by Gasteiger charge is -2.18. The number of unbranched alkanes of at least 4 members (excludes halogenated alkanes) is 38. The lowest BCUT2D eigenvalue weighted by Crippen LogP contribution is -2.30. The van der Waals surface area contributed by atoms with E-state index in [1.165, 1.54) is 212 Å². The minimum absolute atomic E-state index is 0.0623. The molecule has 0 aliphatic rings. The van der Waals surface area contributed by atoms with Gasteiger partial charge < -0.3 is 14.2 Å². The molecule has 0 unspecified atom stereocenters. The van der Waals surface area contributed by atoms with E-state index in [1.807, 2.05) is 0 Å². The second-order valence-electron chi connectivity index (χ2n) is 19.7. The monoisotopic (exact) mass is 877 g/mol. The van der Waals surface area contributed by atoms with E-state index in [9.17, 15) is 14.4 Å². The van der Waals surface area contributed by atoms with Gasteiger partial charge in [-0.1, -0.05) is 278 Å². The first kappa shape index (κ1) is 60.4. The molecule has 0 aromatic heterocycles. The Morgan fingerprint density at radius 1 is 0.306 bits per heavy atom. The quantitative estimate of drug-likeness (QED) is 0.0344. The van der Waals surface area contributed by atoms with Gasteiger partial charge >= 0.3 is 17.9 Å². The Balaban J connectivity index is 4.27. The summed E-state index contributed by atoms with van der Waals surface area (Å²) in [4.78, 5) is 38.0. The molecule has 0 fully saturated rings. The number of carbonyl (C=O) groups is 3. The number of hydrogen-bond acceptors (Lipinski definition) is 6. The number of rotatable bonds is 51. The maximum Gasteiger partial charge on any atom is 0.306 e. The molecule has 0 aliphatic heterocycles. The van der Waals surface area contributed by atoms with Gasteiger partial charge in [0.05, 0.1) is 0 Å². The van der Waals surface area contributed by atoms with Crippen LogP contribution in [0, 0.1) is 5.92 Å². The highest BCUT2D eigenvalue weighted by atomic mass is 16.6. The van der Waals surface area contributed by atoms with E-state index in [1.54, 1.807) is 0 Å². The zero-order valence-corrected chi connectivity index (χ0v) is 42.3. The highest BCUT2D eigenvalue weighted by molar-refractivity contribution is 5.71. The molecular formula is C56H108O6. The molecule has 0 rings (SSSR count). The van der Waals surface area contributed by atoms with Crippen molar-refractivity contribution < 1.29 is 28.6 Å². The van der Waals surface area contributed by atoms with E-state index in [2.05, 4.69) is 27.7 Å². The number of esters is 3. The summed E-state index contributed by atoms with van der Waals surface area (Å²) in [5, 5.41) is 0. The molecule has 368 valence electrons. The highest BCUT2D eigenvalue weighted by Crippen LogP contribution is 2.18. The van der Waals surface area contributed by atoms with Gasteiger partial charge in [0.2, 0.25) is 0 Å². The maximum absolute atomic E-state index is 12.8. The third-order valence-electron chi connectivity index (χ3n) is 12.8. The second kappa shape index (κ2) is 50.4. The van der Waals surface area contributed by atoms with Crippen LogP contribution in [0.15, 0.2) is 0 Å². The number of ether oxygens (including phenoxy) is 3. The van der Waals surface area contributed by atoms with E-state index in [0.29, 0.717) is 19.3 Å². The van der Waals surface area contributed by atoms with Crippen LogP contribution in [-0.2, 0) is 28.6 Å². The van der Waals surface area contributed by atoms with Gasteiger partial charge in [-0.2, -0.15) is 0 Å². The lowest BCUT2D eigenvalue weighted by molar-refractivity contribution is -0.167. The van der Waals surface area contributed by atoms with Crippen molar-refractivity contribution in [3.63, 3.8) is 0 Å². The third-order valence-corrected chi connectivity index (χ3v) is 12.8. The normalized spacial score (nSPS) is 12.0. The van der Waals surface area contributed by atoms with Crippen molar-refractivity contribution in [3.05, 3.63) is 0 Å². The van der Waals surface area contributed by atoms with Crippen LogP contribution in [0.1, 0.15) is 317 Å². The molecule has 6 heteroatoms. The topological polar surface area (TPSA) is 78.9 Å². The summed E-state index contributed by atoms with van der Waals surface area (Å²) in [6, 6.07) is 0. The van der Waals surface area contributed by atoms with E-state index >= 15 is 0 Å². The molecule has 0 aliphatic carbocycles. The van der Waals surface area contributed by atoms with Crippen LogP contribution in [0.2, 0.25) is 0 Å². The average molecular weight is 877 g/mol. The van der Waals surface area contributed by atoms with E-state index in [4.69, 9.17) is 14.2 Å². The molecule has 0 saturated carbocycles. The molecule has 1 atom stereocenters. The molecule has 0 bridgehead atoms. The summed E-state index contributed by atoms with van der Waals surface area (Å²) in [5.41, 5.74) is 0. The Morgan fingerprint density at radius 2 is 0.532 bits per heavy atom. The number of hydrogen-bond donors (Lipinski definition) is 0. The van der Waals surface area contributed by atoms with Gasteiger partial charge in [-0.05, 0) is 25.2 Å². The van der Waals surface area contributed by atoms with Crippen molar-refractivity contribution in [1.29, 1.82) is 0 Å². The zero-order chi connectivity index (χ0) is 45.2. The van der Waals surface area contributed by atoms with Gasteiger partial charge in [0.1, 0.15) is 13.2 Å². The smallest absolute Gasteiger partial charge is 0.306 e. The Morgan fingerprint density at radius 3 is 0.790 bits per heavy atom. The van der Waals surface area contributed by atoms with Crippen molar-refractivity contribution in [2.45, 2.75) is 323 Å². The fraction of sp³-hybridized carbons (Fsp3) is 0.946. The minimum atomic E-state index is -0.761. The van der Waals surface area contributed by atoms with Gasteiger partial charge in [-0.15, -0.1) is 0 Å². The molecule has 0 N–H and O–H groups in total. The van der Waals surface area contributed by atoms with Gasteiger partial charge in [-0.3, -0.25) is 14.4 Å². The summed E-state index contributed by atoms with van der Waals surface area (Å²) >= 11 is 0. The average Bonchev–Trinajstić information content (AvgIpc) is 3.26. The van der Waals surface area contributed by atoms with Gasteiger partial charge in [0, 0.05) is 19.3 Å². The molecule has 0 saturated heterocycles. The summed E-state index contributed by atoms with van der Waals surface area (Å²) in [5.74, 6) is -0.0209. The van der Waals surface area contributed by atoms with Crippen LogP contribution in [0.25, 0.3) is 0 Å². The predicted octanol–water partition coefficient (Wildman–Crippen LogP) is 18.2. The van der Waals surface area contributed by atoms with Gasteiger partial charge in [0.15, 0.2) is 6.10 Å².